The van der Waals surface area contributed by atoms with Crippen LogP contribution in [-0.4, -0.2) is 16.7 Å². The lowest BCUT2D eigenvalue weighted by atomic mass is 10.1. The smallest absolute Gasteiger partial charge is 0.178 e. The molecule has 2 aromatic carbocycles. The molecule has 0 radical (unpaired) electrons. The molecular weight excluding hydrogens is 274 g/mol. The van der Waals surface area contributed by atoms with Gasteiger partial charge in [0.2, 0.25) is 0 Å². The maximum atomic E-state index is 11.9. The first-order valence-electron chi connectivity index (χ1n) is 6.25. The molecule has 0 heterocycles. The highest BCUT2D eigenvalue weighted by molar-refractivity contribution is 6.30. The minimum atomic E-state index is -0.101. The van der Waals surface area contributed by atoms with Crippen LogP contribution in [0.4, 0.5) is 0 Å². The van der Waals surface area contributed by atoms with Gasteiger partial charge in [-0.25, -0.2) is 4.74 Å². The van der Waals surface area contributed by atoms with Gasteiger partial charge in [-0.1, -0.05) is 41.9 Å². The molecule has 0 amide bonds. The van der Waals surface area contributed by atoms with Crippen LogP contribution in [0.3, 0.4) is 0 Å². The van der Waals surface area contributed by atoms with E-state index in [4.69, 9.17) is 11.6 Å². The van der Waals surface area contributed by atoms with E-state index in [2.05, 4.69) is 0 Å². The molecule has 0 aliphatic rings. The van der Waals surface area contributed by atoms with Crippen LogP contribution in [-0.2, 0) is 6.54 Å². The molecule has 2 rings (SSSR count). The molecule has 0 saturated carbocycles. The van der Waals surface area contributed by atoms with Crippen LogP contribution in [0.2, 0.25) is 5.02 Å². The summed E-state index contributed by atoms with van der Waals surface area (Å²) in [7, 11) is 0. The highest BCUT2D eigenvalue weighted by Gasteiger charge is 2.06. The van der Waals surface area contributed by atoms with E-state index < -0.39 is 0 Å². The molecule has 0 unspecified atom stereocenters. The molecule has 0 saturated heterocycles. The molecule has 3 nitrogen and oxygen atoms in total. The Morgan fingerprint density at radius 3 is 2.40 bits per heavy atom. The quantitative estimate of drug-likeness (QED) is 0.277. The fourth-order valence-corrected chi connectivity index (χ4v) is 1.89. The summed E-state index contributed by atoms with van der Waals surface area (Å²) in [6, 6.07) is 16.0. The molecule has 0 fully saturated rings. The number of Topliss-reactive ketones (excluding diaryl/α,β-unsaturated/α-hetero) is 1. The van der Waals surface area contributed by atoms with Gasteiger partial charge in [-0.3, -0.25) is 4.79 Å². The lowest BCUT2D eigenvalue weighted by Gasteiger charge is -2.04. The predicted octanol–water partition coefficient (Wildman–Crippen LogP) is 3.69. The summed E-state index contributed by atoms with van der Waals surface area (Å²) in [5.74, 6) is -0.101. The Labute approximate surface area is 122 Å². The van der Waals surface area contributed by atoms with Gasteiger partial charge >= 0.3 is 0 Å². The van der Waals surface area contributed by atoms with Gasteiger partial charge in [0.05, 0.1) is 6.42 Å². The van der Waals surface area contributed by atoms with E-state index in [1.807, 2.05) is 30.3 Å². The van der Waals surface area contributed by atoms with E-state index in [0.29, 0.717) is 10.6 Å². The summed E-state index contributed by atoms with van der Waals surface area (Å²) in [5.41, 5.74) is 1.47. The average molecular weight is 288 g/mol. The fourth-order valence-electron chi connectivity index (χ4n) is 1.77. The molecule has 0 N–H and O–H groups in total. The molecule has 4 heteroatoms. The number of hydroxylamine groups is 1. The number of halogens is 1. The molecule has 0 spiro atoms. The third-order valence-corrected chi connectivity index (χ3v) is 3.08. The molecule has 102 valence electrons. The number of carbonyl (C=O) groups is 1. The maximum absolute atomic E-state index is 11.9. The second-order valence-electron chi connectivity index (χ2n) is 4.38. The van der Waals surface area contributed by atoms with Crippen molar-refractivity contribution < 1.29 is 9.53 Å². The Bertz CT molecular complexity index is 606. The van der Waals surface area contributed by atoms with Crippen molar-refractivity contribution in [1.82, 2.24) is 0 Å². The zero-order chi connectivity index (χ0) is 14.4. The van der Waals surface area contributed by atoms with Crippen molar-refractivity contribution >= 4 is 23.6 Å². The van der Waals surface area contributed by atoms with Gasteiger partial charge in [0.1, 0.15) is 0 Å². The van der Waals surface area contributed by atoms with E-state index in [9.17, 15) is 10.0 Å². The van der Waals surface area contributed by atoms with Crippen molar-refractivity contribution in [2.75, 3.05) is 0 Å². The molecule has 0 atom stereocenters. The Hall–Kier alpha value is -2.13. The second-order valence-corrected chi connectivity index (χ2v) is 4.81. The average Bonchev–Trinajstić information content (AvgIpc) is 2.46. The molecular formula is C16H14ClNO2. The van der Waals surface area contributed by atoms with E-state index >= 15 is 0 Å². The zero-order valence-electron chi connectivity index (χ0n) is 10.8. The topological polar surface area (TPSA) is 43.1 Å². The van der Waals surface area contributed by atoms with Gasteiger partial charge in [-0.15, -0.1) is 0 Å². The van der Waals surface area contributed by atoms with Crippen molar-refractivity contribution in [3.05, 3.63) is 76.0 Å². The third-order valence-electron chi connectivity index (χ3n) is 2.83. The summed E-state index contributed by atoms with van der Waals surface area (Å²) < 4.78 is 0.781. The van der Waals surface area contributed by atoms with Crippen LogP contribution in [0.25, 0.3) is 0 Å². The van der Waals surface area contributed by atoms with Gasteiger partial charge < -0.3 is 5.21 Å². The van der Waals surface area contributed by atoms with Crippen LogP contribution in [0.15, 0.2) is 54.6 Å². The molecule has 0 aliphatic heterocycles. The first-order chi connectivity index (χ1) is 9.65. The lowest BCUT2D eigenvalue weighted by Crippen LogP contribution is -2.08. The minimum Gasteiger partial charge on any atom is -0.624 e. The minimum absolute atomic E-state index is 0.0813. The number of ketones is 1. The van der Waals surface area contributed by atoms with Gasteiger partial charge in [0.15, 0.2) is 18.5 Å². The highest BCUT2D eigenvalue weighted by atomic mass is 35.5. The summed E-state index contributed by atoms with van der Waals surface area (Å²) in [6.45, 7) is 0.245. The summed E-state index contributed by atoms with van der Waals surface area (Å²) >= 11 is 5.76. The fraction of sp³-hybridized carbons (Fsp3) is 0.125. The Morgan fingerprint density at radius 2 is 1.75 bits per heavy atom. The monoisotopic (exact) mass is 287 g/mol. The molecule has 0 aliphatic carbocycles. The lowest BCUT2D eigenvalue weighted by molar-refractivity contribution is -0.470. The maximum Gasteiger partial charge on any atom is 0.178 e. The van der Waals surface area contributed by atoms with Gasteiger partial charge in [0, 0.05) is 16.1 Å². The van der Waals surface area contributed by atoms with Crippen LogP contribution in [0.5, 0.6) is 0 Å². The SMILES string of the molecule is O=C(C/C=[N+](\[O-])Cc1ccccc1)c1ccc(Cl)cc1. The predicted molar refractivity (Wildman–Crippen MR) is 80.2 cm³/mol. The molecule has 0 aromatic heterocycles. The second kappa shape index (κ2) is 6.87. The largest absolute Gasteiger partial charge is 0.624 e. The van der Waals surface area contributed by atoms with Crippen molar-refractivity contribution in [1.29, 1.82) is 0 Å². The number of benzene rings is 2. The van der Waals surface area contributed by atoms with Gasteiger partial charge in [0.25, 0.3) is 0 Å². The van der Waals surface area contributed by atoms with Gasteiger partial charge in [-0.05, 0) is 24.3 Å². The van der Waals surface area contributed by atoms with E-state index in [0.717, 1.165) is 10.3 Å². The highest BCUT2D eigenvalue weighted by Crippen LogP contribution is 2.10. The number of hydrogen-bond acceptors (Lipinski definition) is 2. The van der Waals surface area contributed by atoms with Gasteiger partial charge in [-0.2, -0.15) is 0 Å². The summed E-state index contributed by atoms with van der Waals surface area (Å²) in [4.78, 5) is 11.9. The van der Waals surface area contributed by atoms with Crippen molar-refractivity contribution in [2.45, 2.75) is 13.0 Å². The number of hydrogen-bond donors (Lipinski definition) is 0. The zero-order valence-corrected chi connectivity index (χ0v) is 11.6. The van der Waals surface area contributed by atoms with Crippen molar-refractivity contribution in [2.24, 2.45) is 0 Å². The molecule has 0 bridgehead atoms. The summed E-state index contributed by atoms with van der Waals surface area (Å²) in [5, 5.41) is 12.3. The number of rotatable bonds is 5. The Kier molecular flexibility index (Phi) is 4.91. The van der Waals surface area contributed by atoms with Crippen LogP contribution in [0.1, 0.15) is 22.3 Å². The van der Waals surface area contributed by atoms with Crippen LogP contribution >= 0.6 is 11.6 Å². The van der Waals surface area contributed by atoms with E-state index in [-0.39, 0.29) is 18.7 Å². The molecule has 20 heavy (non-hydrogen) atoms. The Morgan fingerprint density at radius 1 is 1.10 bits per heavy atom. The third kappa shape index (κ3) is 4.21. The van der Waals surface area contributed by atoms with Crippen molar-refractivity contribution in [3.8, 4) is 0 Å². The normalized spacial score (nSPS) is 11.3. The first kappa shape index (κ1) is 14.3. The number of carbonyl (C=O) groups excluding carboxylic acids is 1. The summed E-state index contributed by atoms with van der Waals surface area (Å²) in [6.07, 6.45) is 1.45. The Balaban J connectivity index is 1.94. The van der Waals surface area contributed by atoms with Crippen molar-refractivity contribution in [3.63, 3.8) is 0 Å². The number of nitrogens with zero attached hydrogens (tertiary/aromatic N) is 1. The first-order valence-corrected chi connectivity index (χ1v) is 6.63. The van der Waals surface area contributed by atoms with E-state index in [1.54, 1.807) is 24.3 Å². The molecule has 2 aromatic rings. The standard InChI is InChI=1S/C16H14ClNO2/c17-15-8-6-14(7-9-15)16(19)10-11-18(20)12-13-4-2-1-3-5-13/h1-9,11H,10,12H2/b18-11-. The van der Waals surface area contributed by atoms with Crippen LogP contribution in [0, 0.1) is 5.21 Å². The van der Waals surface area contributed by atoms with Crippen LogP contribution < -0.4 is 0 Å². The van der Waals surface area contributed by atoms with E-state index in [1.165, 1.54) is 6.21 Å².